The molecule has 1 aromatic carbocycles. The Hall–Kier alpha value is -1.59. The summed E-state index contributed by atoms with van der Waals surface area (Å²) in [7, 11) is 1.27. The molecule has 6 heteroatoms. The fraction of sp³-hybridized carbons (Fsp3) is 0.429. The van der Waals surface area contributed by atoms with E-state index in [1.807, 2.05) is 0 Å². The van der Waals surface area contributed by atoms with E-state index in [1.54, 1.807) is 13.0 Å². The summed E-state index contributed by atoms with van der Waals surface area (Å²) in [5.41, 5.74) is 5.82. The van der Waals surface area contributed by atoms with Crippen LogP contribution < -0.4 is 11.1 Å². The van der Waals surface area contributed by atoms with Crippen molar-refractivity contribution in [3.05, 3.63) is 28.8 Å². The van der Waals surface area contributed by atoms with Gasteiger partial charge in [-0.3, -0.25) is 4.79 Å². The maximum Gasteiger partial charge on any atom is 0.339 e. The van der Waals surface area contributed by atoms with Gasteiger partial charge in [0, 0.05) is 5.69 Å². The standard InChI is InChI=1S/C14H17ClN2O3/c1-14(16,8-3-4-8)13(19)17-9-5-6-11(15)10(7-9)12(18)20-2/h5-8H,3-4,16H2,1-2H3,(H,17,19). The SMILES string of the molecule is COC(=O)c1cc(NC(=O)C(C)(N)C2CC2)ccc1Cl. The molecule has 1 saturated carbocycles. The maximum atomic E-state index is 12.2. The van der Waals surface area contributed by atoms with Crippen molar-refractivity contribution in [3.8, 4) is 0 Å². The summed E-state index contributed by atoms with van der Waals surface area (Å²) in [6.07, 6.45) is 1.93. The summed E-state index contributed by atoms with van der Waals surface area (Å²) >= 11 is 5.92. The van der Waals surface area contributed by atoms with Crippen LogP contribution >= 0.6 is 11.6 Å². The minimum Gasteiger partial charge on any atom is -0.465 e. The number of nitrogens with one attached hydrogen (secondary N) is 1. The van der Waals surface area contributed by atoms with Gasteiger partial charge in [-0.1, -0.05) is 11.6 Å². The zero-order chi connectivity index (χ0) is 14.9. The molecule has 108 valence electrons. The molecular formula is C14H17ClN2O3. The highest BCUT2D eigenvalue weighted by molar-refractivity contribution is 6.33. The zero-order valence-electron chi connectivity index (χ0n) is 11.4. The molecule has 1 amide bonds. The molecule has 1 aromatic rings. The minimum atomic E-state index is -0.898. The van der Waals surface area contributed by atoms with E-state index in [0.717, 1.165) is 12.8 Å². The molecule has 0 aromatic heterocycles. The summed E-state index contributed by atoms with van der Waals surface area (Å²) < 4.78 is 4.63. The Labute approximate surface area is 122 Å². The number of halogens is 1. The number of nitrogens with two attached hydrogens (primary N) is 1. The van der Waals surface area contributed by atoms with E-state index >= 15 is 0 Å². The van der Waals surface area contributed by atoms with Gasteiger partial charge in [-0.2, -0.15) is 0 Å². The Morgan fingerprint density at radius 2 is 2.10 bits per heavy atom. The van der Waals surface area contributed by atoms with Crippen molar-refractivity contribution in [1.29, 1.82) is 0 Å². The predicted molar refractivity (Wildman–Crippen MR) is 76.7 cm³/mol. The fourth-order valence-electron chi connectivity index (χ4n) is 2.00. The number of amides is 1. The summed E-state index contributed by atoms with van der Waals surface area (Å²) in [5, 5.41) is 2.99. The normalized spacial score (nSPS) is 17.2. The number of hydrogen-bond donors (Lipinski definition) is 2. The molecule has 0 radical (unpaired) electrons. The molecule has 1 aliphatic rings. The number of carbonyl (C=O) groups excluding carboxylic acids is 2. The number of carbonyl (C=O) groups is 2. The predicted octanol–water partition coefficient (Wildman–Crippen LogP) is 2.19. The lowest BCUT2D eigenvalue weighted by Crippen LogP contribution is -2.50. The van der Waals surface area contributed by atoms with Crippen LogP contribution in [0.25, 0.3) is 0 Å². The van der Waals surface area contributed by atoms with Gasteiger partial charge in [0.2, 0.25) is 5.91 Å². The average molecular weight is 297 g/mol. The molecule has 0 spiro atoms. The van der Waals surface area contributed by atoms with Gasteiger partial charge < -0.3 is 15.8 Å². The second-order valence-electron chi connectivity index (χ2n) is 5.20. The van der Waals surface area contributed by atoms with Gasteiger partial charge in [0.1, 0.15) is 0 Å². The first-order valence-electron chi connectivity index (χ1n) is 6.34. The third-order valence-corrected chi connectivity index (χ3v) is 3.87. The van der Waals surface area contributed by atoms with Crippen molar-refractivity contribution in [1.82, 2.24) is 0 Å². The number of anilines is 1. The van der Waals surface area contributed by atoms with Gasteiger partial charge >= 0.3 is 5.97 Å². The smallest absolute Gasteiger partial charge is 0.339 e. The lowest BCUT2D eigenvalue weighted by atomic mass is 9.96. The van der Waals surface area contributed by atoms with Crippen LogP contribution in [0.15, 0.2) is 18.2 Å². The highest BCUT2D eigenvalue weighted by Crippen LogP contribution is 2.38. The molecule has 20 heavy (non-hydrogen) atoms. The van der Waals surface area contributed by atoms with Crippen molar-refractivity contribution < 1.29 is 14.3 Å². The van der Waals surface area contributed by atoms with Crippen LogP contribution in [-0.4, -0.2) is 24.5 Å². The largest absolute Gasteiger partial charge is 0.465 e. The van der Waals surface area contributed by atoms with E-state index in [4.69, 9.17) is 17.3 Å². The van der Waals surface area contributed by atoms with Crippen LogP contribution in [0.3, 0.4) is 0 Å². The van der Waals surface area contributed by atoms with Crippen LogP contribution in [0.2, 0.25) is 5.02 Å². The van der Waals surface area contributed by atoms with Gasteiger partial charge in [0.25, 0.3) is 0 Å². The van der Waals surface area contributed by atoms with Crippen LogP contribution in [0.4, 0.5) is 5.69 Å². The van der Waals surface area contributed by atoms with E-state index in [-0.39, 0.29) is 22.4 Å². The molecule has 5 nitrogen and oxygen atoms in total. The molecule has 0 bridgehead atoms. The van der Waals surface area contributed by atoms with Crippen molar-refractivity contribution in [2.45, 2.75) is 25.3 Å². The van der Waals surface area contributed by atoms with Crippen molar-refractivity contribution in [2.24, 2.45) is 11.7 Å². The van der Waals surface area contributed by atoms with E-state index in [2.05, 4.69) is 10.1 Å². The number of ether oxygens (including phenoxy) is 1. The lowest BCUT2D eigenvalue weighted by molar-refractivity contribution is -0.121. The lowest BCUT2D eigenvalue weighted by Gasteiger charge is -2.23. The Kier molecular flexibility index (Phi) is 4.01. The van der Waals surface area contributed by atoms with Crippen molar-refractivity contribution >= 4 is 29.2 Å². The monoisotopic (exact) mass is 296 g/mol. The second kappa shape index (κ2) is 5.42. The minimum absolute atomic E-state index is 0.206. The van der Waals surface area contributed by atoms with E-state index in [0.29, 0.717) is 5.69 Å². The van der Waals surface area contributed by atoms with Crippen LogP contribution in [0, 0.1) is 5.92 Å². The van der Waals surface area contributed by atoms with Gasteiger partial charge in [-0.15, -0.1) is 0 Å². The first kappa shape index (κ1) is 14.8. The fourth-order valence-corrected chi connectivity index (χ4v) is 2.20. The van der Waals surface area contributed by atoms with E-state index in [1.165, 1.54) is 19.2 Å². The summed E-state index contributed by atoms with van der Waals surface area (Å²) in [6, 6.07) is 4.64. The number of hydrogen-bond acceptors (Lipinski definition) is 4. The Bertz CT molecular complexity index is 553. The third kappa shape index (κ3) is 2.94. The first-order chi connectivity index (χ1) is 9.36. The summed E-state index contributed by atoms with van der Waals surface area (Å²) in [6.45, 7) is 1.72. The van der Waals surface area contributed by atoms with Gasteiger partial charge in [0.15, 0.2) is 0 Å². The summed E-state index contributed by atoms with van der Waals surface area (Å²) in [4.78, 5) is 23.7. The van der Waals surface area contributed by atoms with Crippen LogP contribution in [0.1, 0.15) is 30.1 Å². The van der Waals surface area contributed by atoms with E-state index < -0.39 is 11.5 Å². The molecule has 1 atom stereocenters. The average Bonchev–Trinajstić information content (AvgIpc) is 3.24. The Morgan fingerprint density at radius 1 is 1.45 bits per heavy atom. The highest BCUT2D eigenvalue weighted by Gasteiger charge is 2.44. The Balaban J connectivity index is 2.17. The topological polar surface area (TPSA) is 81.4 Å². The molecule has 2 rings (SSSR count). The van der Waals surface area contributed by atoms with Crippen molar-refractivity contribution in [3.63, 3.8) is 0 Å². The molecule has 3 N–H and O–H groups in total. The number of benzene rings is 1. The zero-order valence-corrected chi connectivity index (χ0v) is 12.2. The molecule has 1 aliphatic carbocycles. The number of rotatable bonds is 4. The first-order valence-corrected chi connectivity index (χ1v) is 6.72. The van der Waals surface area contributed by atoms with Gasteiger partial charge in [-0.05, 0) is 43.9 Å². The second-order valence-corrected chi connectivity index (χ2v) is 5.60. The molecule has 0 saturated heterocycles. The molecule has 1 fully saturated rings. The third-order valence-electron chi connectivity index (χ3n) is 3.54. The van der Waals surface area contributed by atoms with E-state index in [9.17, 15) is 9.59 Å². The van der Waals surface area contributed by atoms with Crippen molar-refractivity contribution in [2.75, 3.05) is 12.4 Å². The molecule has 0 heterocycles. The number of methoxy groups -OCH3 is 1. The van der Waals surface area contributed by atoms with Gasteiger partial charge in [-0.25, -0.2) is 4.79 Å². The summed E-state index contributed by atoms with van der Waals surface area (Å²) in [5.74, 6) is -0.600. The van der Waals surface area contributed by atoms with Crippen LogP contribution in [-0.2, 0) is 9.53 Å². The molecule has 1 unspecified atom stereocenters. The maximum absolute atomic E-state index is 12.2. The Morgan fingerprint density at radius 3 is 2.65 bits per heavy atom. The molecular weight excluding hydrogens is 280 g/mol. The quantitative estimate of drug-likeness (QED) is 0.835. The number of esters is 1. The molecule has 0 aliphatic heterocycles. The van der Waals surface area contributed by atoms with Gasteiger partial charge in [0.05, 0.1) is 23.2 Å². The highest BCUT2D eigenvalue weighted by atomic mass is 35.5. The van der Waals surface area contributed by atoms with Crippen LogP contribution in [0.5, 0.6) is 0 Å².